The lowest BCUT2D eigenvalue weighted by atomic mass is 10.1. The highest BCUT2D eigenvalue weighted by Crippen LogP contribution is 2.27. The van der Waals surface area contributed by atoms with Gasteiger partial charge in [-0.1, -0.05) is 12.5 Å². The lowest BCUT2D eigenvalue weighted by molar-refractivity contribution is 0.182. The maximum Gasteiger partial charge on any atom is 0.0918 e. The lowest BCUT2D eigenvalue weighted by Crippen LogP contribution is -1.93. The summed E-state index contributed by atoms with van der Waals surface area (Å²) in [5, 5.41) is 9.75. The molecule has 0 aliphatic heterocycles. The van der Waals surface area contributed by atoms with Crippen LogP contribution in [0.15, 0.2) is 24.3 Å². The van der Waals surface area contributed by atoms with Crippen molar-refractivity contribution in [2.45, 2.75) is 32.8 Å². The Balaban J connectivity index is 2.65. The standard InChI is InChI=1S/C11H16OS/c1-4-9-5-6-11(13-9)10(12)7-8(2)3/h5-6,10,12H,2,4,7H2,1,3H3. The summed E-state index contributed by atoms with van der Waals surface area (Å²) in [5.74, 6) is 0. The molecule has 0 spiro atoms. The molecule has 0 aliphatic rings. The Morgan fingerprint density at radius 2 is 2.31 bits per heavy atom. The van der Waals surface area contributed by atoms with Gasteiger partial charge in [0.25, 0.3) is 0 Å². The molecule has 0 radical (unpaired) electrons. The summed E-state index contributed by atoms with van der Waals surface area (Å²) in [6.45, 7) is 7.86. The van der Waals surface area contributed by atoms with Crippen LogP contribution in [-0.2, 0) is 6.42 Å². The van der Waals surface area contributed by atoms with Crippen LogP contribution in [0, 0.1) is 0 Å². The average Bonchev–Trinajstić information content (AvgIpc) is 2.50. The molecule has 1 aromatic rings. The van der Waals surface area contributed by atoms with Crippen molar-refractivity contribution in [1.29, 1.82) is 0 Å². The number of aliphatic hydroxyl groups excluding tert-OH is 1. The van der Waals surface area contributed by atoms with E-state index in [9.17, 15) is 5.11 Å². The Kier molecular flexibility index (Phi) is 3.70. The van der Waals surface area contributed by atoms with E-state index in [0.717, 1.165) is 16.9 Å². The van der Waals surface area contributed by atoms with Crippen molar-refractivity contribution >= 4 is 11.3 Å². The van der Waals surface area contributed by atoms with Crippen LogP contribution in [0.2, 0.25) is 0 Å². The van der Waals surface area contributed by atoms with Crippen LogP contribution in [-0.4, -0.2) is 5.11 Å². The van der Waals surface area contributed by atoms with E-state index in [2.05, 4.69) is 19.6 Å². The molecule has 1 aromatic heterocycles. The van der Waals surface area contributed by atoms with Crippen LogP contribution in [0.4, 0.5) is 0 Å². The Labute approximate surface area is 83.7 Å². The molecular formula is C11H16OS. The SMILES string of the molecule is C=C(C)CC(O)c1ccc(CC)s1. The fourth-order valence-corrected chi connectivity index (χ4v) is 2.13. The van der Waals surface area contributed by atoms with Crippen LogP contribution < -0.4 is 0 Å². The molecule has 1 atom stereocenters. The molecule has 0 aromatic carbocycles. The summed E-state index contributed by atoms with van der Waals surface area (Å²) in [5.41, 5.74) is 1.03. The molecule has 0 fully saturated rings. The van der Waals surface area contributed by atoms with Gasteiger partial charge < -0.3 is 5.11 Å². The number of aryl methyl sites for hydroxylation is 1. The third-order valence-corrected chi connectivity index (χ3v) is 3.23. The summed E-state index contributed by atoms with van der Waals surface area (Å²) >= 11 is 1.69. The van der Waals surface area contributed by atoms with E-state index in [1.807, 2.05) is 13.0 Å². The number of hydrogen-bond donors (Lipinski definition) is 1. The maximum atomic E-state index is 9.75. The van der Waals surface area contributed by atoms with E-state index < -0.39 is 0 Å². The molecule has 0 saturated carbocycles. The van der Waals surface area contributed by atoms with Crippen LogP contribution in [0.1, 0.15) is 36.1 Å². The first-order valence-electron chi connectivity index (χ1n) is 4.54. The van der Waals surface area contributed by atoms with E-state index in [-0.39, 0.29) is 6.10 Å². The van der Waals surface area contributed by atoms with Crippen LogP contribution in [0.5, 0.6) is 0 Å². The zero-order chi connectivity index (χ0) is 9.84. The van der Waals surface area contributed by atoms with Gasteiger partial charge in [0.05, 0.1) is 6.10 Å². The number of hydrogen-bond acceptors (Lipinski definition) is 2. The topological polar surface area (TPSA) is 20.2 Å². The number of rotatable bonds is 4. The van der Waals surface area contributed by atoms with E-state index in [1.165, 1.54) is 4.88 Å². The van der Waals surface area contributed by atoms with Crippen molar-refractivity contribution < 1.29 is 5.11 Å². The molecule has 1 rings (SSSR count). The molecule has 1 N–H and O–H groups in total. The van der Waals surface area contributed by atoms with Gasteiger partial charge in [0.2, 0.25) is 0 Å². The Morgan fingerprint density at radius 3 is 2.77 bits per heavy atom. The summed E-state index contributed by atoms with van der Waals surface area (Å²) in [4.78, 5) is 2.38. The number of thiophene rings is 1. The van der Waals surface area contributed by atoms with Gasteiger partial charge in [-0.3, -0.25) is 0 Å². The van der Waals surface area contributed by atoms with Crippen LogP contribution in [0.3, 0.4) is 0 Å². The van der Waals surface area contributed by atoms with Crippen molar-refractivity contribution in [3.63, 3.8) is 0 Å². The Hall–Kier alpha value is -0.600. The van der Waals surface area contributed by atoms with E-state index in [4.69, 9.17) is 0 Å². The van der Waals surface area contributed by atoms with Crippen molar-refractivity contribution in [3.05, 3.63) is 34.0 Å². The van der Waals surface area contributed by atoms with Crippen LogP contribution in [0.25, 0.3) is 0 Å². The van der Waals surface area contributed by atoms with Crippen molar-refractivity contribution in [1.82, 2.24) is 0 Å². The molecule has 1 heterocycles. The smallest absolute Gasteiger partial charge is 0.0918 e. The second kappa shape index (κ2) is 4.58. The zero-order valence-electron chi connectivity index (χ0n) is 8.21. The molecule has 72 valence electrons. The molecular weight excluding hydrogens is 180 g/mol. The molecule has 0 aliphatic carbocycles. The molecule has 0 bridgehead atoms. The van der Waals surface area contributed by atoms with Gasteiger partial charge in [-0.2, -0.15) is 0 Å². The normalized spacial score (nSPS) is 12.8. The van der Waals surface area contributed by atoms with Crippen molar-refractivity contribution in [2.75, 3.05) is 0 Å². The average molecular weight is 196 g/mol. The largest absolute Gasteiger partial charge is 0.387 e. The molecule has 2 heteroatoms. The molecule has 1 unspecified atom stereocenters. The number of aliphatic hydroxyl groups is 1. The van der Waals surface area contributed by atoms with Gasteiger partial charge in [0.15, 0.2) is 0 Å². The van der Waals surface area contributed by atoms with E-state index in [0.29, 0.717) is 6.42 Å². The van der Waals surface area contributed by atoms with E-state index >= 15 is 0 Å². The summed E-state index contributed by atoms with van der Waals surface area (Å²) in [6.07, 6.45) is 1.36. The first-order valence-corrected chi connectivity index (χ1v) is 5.36. The van der Waals surface area contributed by atoms with Gasteiger partial charge in [-0.05, 0) is 31.9 Å². The Bertz CT molecular complexity index is 288. The quantitative estimate of drug-likeness (QED) is 0.732. The van der Waals surface area contributed by atoms with Gasteiger partial charge >= 0.3 is 0 Å². The van der Waals surface area contributed by atoms with Gasteiger partial charge in [-0.25, -0.2) is 0 Å². The highest BCUT2D eigenvalue weighted by molar-refractivity contribution is 7.12. The zero-order valence-corrected chi connectivity index (χ0v) is 9.03. The van der Waals surface area contributed by atoms with E-state index in [1.54, 1.807) is 11.3 Å². The van der Waals surface area contributed by atoms with Crippen molar-refractivity contribution in [3.8, 4) is 0 Å². The Morgan fingerprint density at radius 1 is 1.62 bits per heavy atom. The minimum Gasteiger partial charge on any atom is -0.387 e. The second-order valence-electron chi connectivity index (χ2n) is 3.33. The van der Waals surface area contributed by atoms with Gasteiger partial charge in [-0.15, -0.1) is 17.9 Å². The predicted molar refractivity (Wildman–Crippen MR) is 58.1 cm³/mol. The molecule has 1 nitrogen and oxygen atoms in total. The first kappa shape index (κ1) is 10.5. The van der Waals surface area contributed by atoms with Gasteiger partial charge in [0, 0.05) is 9.75 Å². The maximum absolute atomic E-state index is 9.75. The summed E-state index contributed by atoms with van der Waals surface area (Å²) < 4.78 is 0. The monoisotopic (exact) mass is 196 g/mol. The summed E-state index contributed by atoms with van der Waals surface area (Å²) in [6, 6.07) is 4.10. The minimum atomic E-state index is -0.359. The third-order valence-electron chi connectivity index (χ3n) is 1.90. The highest BCUT2D eigenvalue weighted by Gasteiger charge is 2.09. The van der Waals surface area contributed by atoms with Crippen molar-refractivity contribution in [2.24, 2.45) is 0 Å². The van der Waals surface area contributed by atoms with Crippen LogP contribution >= 0.6 is 11.3 Å². The third kappa shape index (κ3) is 2.98. The van der Waals surface area contributed by atoms with Gasteiger partial charge in [0.1, 0.15) is 0 Å². The fraction of sp³-hybridized carbons (Fsp3) is 0.455. The first-order chi connectivity index (χ1) is 6.13. The highest BCUT2D eigenvalue weighted by atomic mass is 32.1. The second-order valence-corrected chi connectivity index (χ2v) is 4.53. The molecule has 13 heavy (non-hydrogen) atoms. The summed E-state index contributed by atoms with van der Waals surface area (Å²) in [7, 11) is 0. The molecule has 0 amide bonds. The fourth-order valence-electron chi connectivity index (χ4n) is 1.19. The predicted octanol–water partition coefficient (Wildman–Crippen LogP) is 3.31. The lowest BCUT2D eigenvalue weighted by Gasteiger charge is -2.06. The minimum absolute atomic E-state index is 0.359. The molecule has 0 saturated heterocycles.